The van der Waals surface area contributed by atoms with Crippen molar-refractivity contribution in [3.63, 3.8) is 0 Å². The molecule has 2 rings (SSSR count). The summed E-state index contributed by atoms with van der Waals surface area (Å²) >= 11 is 5.69. The Morgan fingerprint density at radius 2 is 1.90 bits per heavy atom. The van der Waals surface area contributed by atoms with Gasteiger partial charge in [-0.1, -0.05) is 12.1 Å². The summed E-state index contributed by atoms with van der Waals surface area (Å²) in [5.74, 6) is 0.0839. The van der Waals surface area contributed by atoms with Gasteiger partial charge in [-0.25, -0.2) is 12.8 Å². The van der Waals surface area contributed by atoms with Gasteiger partial charge in [-0.2, -0.15) is 0 Å². The molecule has 0 aliphatic carbocycles. The molecule has 0 bridgehead atoms. The van der Waals surface area contributed by atoms with Crippen LogP contribution in [0.1, 0.15) is 5.56 Å². The van der Waals surface area contributed by atoms with E-state index in [1.165, 1.54) is 24.3 Å². The zero-order valence-electron chi connectivity index (χ0n) is 10.6. The van der Waals surface area contributed by atoms with E-state index < -0.39 is 15.7 Å². The number of hydrogen-bond acceptors (Lipinski definition) is 3. The maximum absolute atomic E-state index is 13.6. The summed E-state index contributed by atoms with van der Waals surface area (Å²) in [5, 5.41) is 0. The average molecular weight is 315 g/mol. The molecule has 0 radical (unpaired) electrons. The largest absolute Gasteiger partial charge is 0.457 e. The fraction of sp³-hybridized carbons (Fsp3) is 0.143. The lowest BCUT2D eigenvalue weighted by Gasteiger charge is -2.11. The Hall–Kier alpha value is -1.59. The predicted molar refractivity (Wildman–Crippen MR) is 75.6 cm³/mol. The minimum Gasteiger partial charge on any atom is -0.457 e. The molecular weight excluding hydrogens is 303 g/mol. The van der Waals surface area contributed by atoms with Gasteiger partial charge in [-0.3, -0.25) is 0 Å². The van der Waals surface area contributed by atoms with Gasteiger partial charge in [0.15, 0.2) is 9.84 Å². The number of rotatable bonds is 4. The molecule has 0 saturated carbocycles. The lowest BCUT2D eigenvalue weighted by atomic mass is 10.2. The second-order valence-electron chi connectivity index (χ2n) is 4.20. The third kappa shape index (κ3) is 3.29. The van der Waals surface area contributed by atoms with E-state index in [9.17, 15) is 12.8 Å². The van der Waals surface area contributed by atoms with Gasteiger partial charge in [-0.05, 0) is 30.3 Å². The quantitative estimate of drug-likeness (QED) is 0.807. The third-order valence-corrected chi connectivity index (χ3v) is 4.05. The van der Waals surface area contributed by atoms with Gasteiger partial charge in [0.1, 0.15) is 17.3 Å². The van der Waals surface area contributed by atoms with Crippen molar-refractivity contribution >= 4 is 21.4 Å². The number of hydrogen-bond donors (Lipinski definition) is 0. The van der Waals surface area contributed by atoms with E-state index in [-0.39, 0.29) is 22.1 Å². The van der Waals surface area contributed by atoms with E-state index in [2.05, 4.69) is 0 Å². The van der Waals surface area contributed by atoms with Crippen LogP contribution < -0.4 is 4.74 Å². The van der Waals surface area contributed by atoms with Gasteiger partial charge < -0.3 is 4.74 Å². The summed E-state index contributed by atoms with van der Waals surface area (Å²) in [4.78, 5) is 0.138. The number of benzene rings is 2. The molecule has 106 valence electrons. The van der Waals surface area contributed by atoms with Crippen molar-refractivity contribution in [2.45, 2.75) is 10.8 Å². The molecule has 0 unspecified atom stereocenters. The second kappa shape index (κ2) is 5.81. The van der Waals surface area contributed by atoms with Crippen LogP contribution in [0.2, 0.25) is 0 Å². The van der Waals surface area contributed by atoms with Crippen LogP contribution in [0.15, 0.2) is 47.4 Å². The molecule has 3 nitrogen and oxygen atoms in total. The molecule has 0 N–H and O–H groups in total. The Morgan fingerprint density at radius 1 is 1.20 bits per heavy atom. The van der Waals surface area contributed by atoms with Crippen LogP contribution in [0.4, 0.5) is 4.39 Å². The first kappa shape index (κ1) is 14.8. The highest BCUT2D eigenvalue weighted by Gasteiger charge is 2.11. The van der Waals surface area contributed by atoms with Crippen molar-refractivity contribution in [2.75, 3.05) is 6.26 Å². The number of alkyl halides is 1. The lowest BCUT2D eigenvalue weighted by Crippen LogP contribution is -1.98. The molecule has 2 aromatic carbocycles. The summed E-state index contributed by atoms with van der Waals surface area (Å²) in [5.41, 5.74) is 0.235. The maximum Gasteiger partial charge on any atom is 0.175 e. The minimum atomic E-state index is -3.32. The van der Waals surface area contributed by atoms with Gasteiger partial charge in [0.2, 0.25) is 0 Å². The van der Waals surface area contributed by atoms with Gasteiger partial charge in [0, 0.05) is 11.8 Å². The van der Waals surface area contributed by atoms with Crippen LogP contribution in [0.3, 0.4) is 0 Å². The monoisotopic (exact) mass is 314 g/mol. The summed E-state index contributed by atoms with van der Waals surface area (Å²) in [6.07, 6.45) is 1.11. The zero-order chi connectivity index (χ0) is 14.8. The minimum absolute atomic E-state index is 0.0340. The van der Waals surface area contributed by atoms with E-state index in [0.717, 1.165) is 6.26 Å². The summed E-state index contributed by atoms with van der Waals surface area (Å²) in [6.45, 7) is 0. The smallest absolute Gasteiger partial charge is 0.175 e. The highest BCUT2D eigenvalue weighted by Crippen LogP contribution is 2.29. The Kier molecular flexibility index (Phi) is 4.30. The Morgan fingerprint density at radius 3 is 2.55 bits per heavy atom. The summed E-state index contributed by atoms with van der Waals surface area (Å²) < 4.78 is 42.0. The first-order valence-electron chi connectivity index (χ1n) is 5.73. The predicted octanol–water partition coefficient (Wildman–Crippen LogP) is 3.76. The third-order valence-electron chi connectivity index (χ3n) is 2.67. The second-order valence-corrected chi connectivity index (χ2v) is 6.48. The molecule has 20 heavy (non-hydrogen) atoms. The number of ether oxygens (including phenoxy) is 1. The highest BCUT2D eigenvalue weighted by atomic mass is 35.5. The van der Waals surface area contributed by atoms with Crippen molar-refractivity contribution in [3.8, 4) is 11.5 Å². The van der Waals surface area contributed by atoms with Crippen molar-refractivity contribution in [2.24, 2.45) is 0 Å². The number of halogens is 2. The molecule has 6 heteroatoms. The zero-order valence-corrected chi connectivity index (χ0v) is 12.2. The summed E-state index contributed by atoms with van der Waals surface area (Å²) in [6, 6.07) is 10.4. The Balaban J connectivity index is 2.38. The standard InChI is InChI=1S/C14H12ClFO3S/c1-20(17,18)11-5-2-4-10(8-11)19-14-7-3-6-13(16)12(14)9-15/h2-8H,9H2,1H3. The van der Waals surface area contributed by atoms with Crippen molar-refractivity contribution in [3.05, 3.63) is 53.8 Å². The molecule has 0 aliphatic rings. The molecular formula is C14H12ClFO3S. The molecule has 0 aliphatic heterocycles. The van der Waals surface area contributed by atoms with Crippen molar-refractivity contribution < 1.29 is 17.5 Å². The van der Waals surface area contributed by atoms with Crippen LogP contribution in [-0.2, 0) is 15.7 Å². The molecule has 0 heterocycles. The molecule has 2 aromatic rings. The van der Waals surface area contributed by atoms with Gasteiger partial charge >= 0.3 is 0 Å². The van der Waals surface area contributed by atoms with E-state index in [0.29, 0.717) is 5.75 Å². The topological polar surface area (TPSA) is 43.4 Å². The van der Waals surface area contributed by atoms with Gasteiger partial charge in [0.05, 0.1) is 10.8 Å². The molecule has 0 atom stereocenters. The van der Waals surface area contributed by atoms with E-state index in [1.54, 1.807) is 18.2 Å². The summed E-state index contributed by atoms with van der Waals surface area (Å²) in [7, 11) is -3.32. The Labute approximate surface area is 121 Å². The fourth-order valence-electron chi connectivity index (χ4n) is 1.66. The SMILES string of the molecule is CS(=O)(=O)c1cccc(Oc2cccc(F)c2CCl)c1. The maximum atomic E-state index is 13.6. The van der Waals surface area contributed by atoms with Crippen LogP contribution in [0, 0.1) is 5.82 Å². The lowest BCUT2D eigenvalue weighted by molar-refractivity contribution is 0.468. The Bertz CT molecular complexity index is 729. The van der Waals surface area contributed by atoms with Crippen molar-refractivity contribution in [1.29, 1.82) is 0 Å². The van der Waals surface area contributed by atoms with E-state index >= 15 is 0 Å². The normalized spacial score (nSPS) is 11.3. The molecule has 0 spiro atoms. The van der Waals surface area contributed by atoms with Crippen LogP contribution in [0.25, 0.3) is 0 Å². The van der Waals surface area contributed by atoms with E-state index in [4.69, 9.17) is 16.3 Å². The van der Waals surface area contributed by atoms with Crippen LogP contribution in [0.5, 0.6) is 11.5 Å². The first-order valence-corrected chi connectivity index (χ1v) is 8.16. The molecule has 0 saturated heterocycles. The molecule has 0 amide bonds. The van der Waals surface area contributed by atoms with Crippen LogP contribution in [-0.4, -0.2) is 14.7 Å². The molecule has 0 aromatic heterocycles. The first-order chi connectivity index (χ1) is 9.41. The fourth-order valence-corrected chi connectivity index (χ4v) is 2.57. The number of sulfone groups is 1. The van der Waals surface area contributed by atoms with E-state index in [1.807, 2.05) is 0 Å². The van der Waals surface area contributed by atoms with Crippen molar-refractivity contribution in [1.82, 2.24) is 0 Å². The van der Waals surface area contributed by atoms with Crippen LogP contribution >= 0.6 is 11.6 Å². The molecule has 0 fully saturated rings. The highest BCUT2D eigenvalue weighted by molar-refractivity contribution is 7.90. The average Bonchev–Trinajstić information content (AvgIpc) is 2.38. The van der Waals surface area contributed by atoms with Gasteiger partial charge in [0.25, 0.3) is 0 Å². The van der Waals surface area contributed by atoms with Gasteiger partial charge in [-0.15, -0.1) is 11.6 Å².